The molecule has 0 saturated heterocycles. The molecule has 19 heavy (non-hydrogen) atoms. The smallest absolute Gasteiger partial charge is 0.262 e. The third-order valence-electron chi connectivity index (χ3n) is 3.83. The van der Waals surface area contributed by atoms with E-state index in [9.17, 15) is 4.80 Å². The molecule has 0 atom stereocenters. The molecule has 1 nitrogen and oxygen atoms in total. The Morgan fingerprint density at radius 3 is 1.58 bits per heavy atom. The van der Waals surface area contributed by atoms with Crippen molar-refractivity contribution < 1.29 is 4.80 Å². The molecule has 0 unspecified atom stereocenters. The van der Waals surface area contributed by atoms with Gasteiger partial charge in [0.25, 0.3) is 8.32 Å². The predicted molar refractivity (Wildman–Crippen MR) is 84.4 cm³/mol. The molecule has 1 N–H and O–H groups in total. The first-order valence-corrected chi connectivity index (χ1v) is 8.44. The fraction of sp³-hybridized carbons (Fsp3) is 0.176. The molecular weight excluding hydrogens is 248 g/mol. The maximum Gasteiger partial charge on any atom is 0.262 e. The molecule has 0 radical (unpaired) electrons. The standard InChI is InChI=1S/C17H20OSi/c1-4-17(2,3)19(18,15-11-7-5-8-12-15)16-13-9-6-10-14-16/h4-14,18H,1H2,2-3H3. The maximum absolute atomic E-state index is 11.5. The van der Waals surface area contributed by atoms with Crippen LogP contribution in [0, 0.1) is 0 Å². The molecule has 0 spiro atoms. The largest absolute Gasteiger partial charge is 0.423 e. The minimum Gasteiger partial charge on any atom is -0.423 e. The van der Waals surface area contributed by atoms with Gasteiger partial charge >= 0.3 is 0 Å². The van der Waals surface area contributed by atoms with Gasteiger partial charge in [-0.3, -0.25) is 0 Å². The molecule has 0 fully saturated rings. The van der Waals surface area contributed by atoms with E-state index < -0.39 is 8.32 Å². The minimum absolute atomic E-state index is 0.338. The Hall–Kier alpha value is -1.64. The van der Waals surface area contributed by atoms with Gasteiger partial charge in [0.1, 0.15) is 0 Å². The third kappa shape index (κ3) is 2.29. The maximum atomic E-state index is 11.5. The molecule has 0 saturated carbocycles. The lowest BCUT2D eigenvalue weighted by molar-refractivity contribution is 0.523. The molecule has 2 heteroatoms. The molecular formula is C17H20OSi. The molecule has 2 rings (SSSR count). The van der Waals surface area contributed by atoms with Crippen LogP contribution in [0.25, 0.3) is 0 Å². The quantitative estimate of drug-likeness (QED) is 0.668. The summed E-state index contributed by atoms with van der Waals surface area (Å²) < 4.78 is 0. The van der Waals surface area contributed by atoms with Crippen molar-refractivity contribution >= 4 is 18.7 Å². The highest BCUT2D eigenvalue weighted by Crippen LogP contribution is 2.35. The molecule has 0 amide bonds. The first-order valence-electron chi connectivity index (χ1n) is 6.49. The normalized spacial score (nSPS) is 12.2. The molecule has 0 aliphatic heterocycles. The van der Waals surface area contributed by atoms with Crippen molar-refractivity contribution in [3.63, 3.8) is 0 Å². The van der Waals surface area contributed by atoms with E-state index in [2.05, 4.69) is 20.4 Å². The van der Waals surface area contributed by atoms with Gasteiger partial charge in [-0.25, -0.2) is 0 Å². The second-order valence-corrected chi connectivity index (χ2v) is 9.23. The van der Waals surface area contributed by atoms with Gasteiger partial charge < -0.3 is 4.80 Å². The summed E-state index contributed by atoms with van der Waals surface area (Å²) in [5.74, 6) is 0. The van der Waals surface area contributed by atoms with Crippen LogP contribution < -0.4 is 10.4 Å². The second-order valence-electron chi connectivity index (χ2n) is 5.37. The van der Waals surface area contributed by atoms with E-state index in [1.54, 1.807) is 0 Å². The predicted octanol–water partition coefficient (Wildman–Crippen LogP) is 2.70. The van der Waals surface area contributed by atoms with Crippen molar-refractivity contribution in [2.45, 2.75) is 18.9 Å². The van der Waals surface area contributed by atoms with Crippen LogP contribution in [-0.4, -0.2) is 13.1 Å². The van der Waals surface area contributed by atoms with Crippen molar-refractivity contribution in [3.05, 3.63) is 73.3 Å². The summed E-state index contributed by atoms with van der Waals surface area (Å²) in [4.78, 5) is 11.5. The molecule has 0 aromatic heterocycles. The lowest BCUT2D eigenvalue weighted by atomic mass is 10.2. The molecule has 2 aromatic rings. The lowest BCUT2D eigenvalue weighted by Crippen LogP contribution is -2.64. The van der Waals surface area contributed by atoms with Crippen LogP contribution in [0.1, 0.15) is 13.8 Å². The second kappa shape index (κ2) is 5.15. The molecule has 0 aliphatic rings. The van der Waals surface area contributed by atoms with E-state index in [0.29, 0.717) is 0 Å². The van der Waals surface area contributed by atoms with Gasteiger partial charge in [0, 0.05) is 5.04 Å². The van der Waals surface area contributed by atoms with Crippen LogP contribution in [0.5, 0.6) is 0 Å². The number of allylic oxidation sites excluding steroid dienone is 1. The average molecular weight is 268 g/mol. The van der Waals surface area contributed by atoms with E-state index in [1.807, 2.05) is 66.7 Å². The Kier molecular flexibility index (Phi) is 3.74. The van der Waals surface area contributed by atoms with Crippen molar-refractivity contribution in [2.24, 2.45) is 0 Å². The third-order valence-corrected chi connectivity index (χ3v) is 8.23. The Labute approximate surface area is 116 Å². The zero-order valence-corrected chi connectivity index (χ0v) is 12.5. The van der Waals surface area contributed by atoms with Gasteiger partial charge in [-0.15, -0.1) is 6.58 Å². The highest BCUT2D eigenvalue weighted by atomic mass is 28.4. The van der Waals surface area contributed by atoms with Gasteiger partial charge in [0.05, 0.1) is 0 Å². The van der Waals surface area contributed by atoms with E-state index >= 15 is 0 Å². The summed E-state index contributed by atoms with van der Waals surface area (Å²) in [5, 5.41) is 1.70. The fourth-order valence-corrected chi connectivity index (χ4v) is 5.88. The zero-order valence-electron chi connectivity index (χ0n) is 11.5. The molecule has 0 aliphatic carbocycles. The van der Waals surface area contributed by atoms with Crippen molar-refractivity contribution in [1.29, 1.82) is 0 Å². The first-order chi connectivity index (χ1) is 9.02. The van der Waals surface area contributed by atoms with Gasteiger partial charge in [-0.2, -0.15) is 0 Å². The van der Waals surface area contributed by atoms with Crippen molar-refractivity contribution in [3.8, 4) is 0 Å². The van der Waals surface area contributed by atoms with Crippen LogP contribution in [-0.2, 0) is 0 Å². The Morgan fingerprint density at radius 1 is 0.895 bits per heavy atom. The van der Waals surface area contributed by atoms with E-state index in [-0.39, 0.29) is 5.04 Å². The Balaban J connectivity index is 2.68. The summed E-state index contributed by atoms with van der Waals surface area (Å²) in [5.41, 5.74) is 0. The highest BCUT2D eigenvalue weighted by molar-refractivity contribution is 6.99. The average Bonchev–Trinajstić information content (AvgIpc) is 2.48. The summed E-state index contributed by atoms with van der Waals surface area (Å²) in [6, 6.07) is 20.0. The van der Waals surface area contributed by atoms with Crippen molar-refractivity contribution in [2.75, 3.05) is 0 Å². The Bertz CT molecular complexity index is 506. The van der Waals surface area contributed by atoms with Crippen LogP contribution >= 0.6 is 0 Å². The van der Waals surface area contributed by atoms with E-state index in [1.165, 1.54) is 0 Å². The highest BCUT2D eigenvalue weighted by Gasteiger charge is 2.48. The van der Waals surface area contributed by atoms with Gasteiger partial charge in [-0.1, -0.05) is 80.6 Å². The number of hydrogen-bond acceptors (Lipinski definition) is 1. The first kappa shape index (κ1) is 13.8. The summed E-state index contributed by atoms with van der Waals surface area (Å²) in [6.45, 7) is 8.05. The number of rotatable bonds is 4. The Morgan fingerprint density at radius 2 is 1.26 bits per heavy atom. The van der Waals surface area contributed by atoms with E-state index in [0.717, 1.165) is 10.4 Å². The molecule has 0 bridgehead atoms. The van der Waals surface area contributed by atoms with Crippen molar-refractivity contribution in [1.82, 2.24) is 0 Å². The summed E-state index contributed by atoms with van der Waals surface area (Å²) >= 11 is 0. The topological polar surface area (TPSA) is 20.2 Å². The lowest BCUT2D eigenvalue weighted by Gasteiger charge is -2.39. The molecule has 0 heterocycles. The monoisotopic (exact) mass is 268 g/mol. The van der Waals surface area contributed by atoms with Crippen LogP contribution in [0.15, 0.2) is 73.3 Å². The van der Waals surface area contributed by atoms with Crippen LogP contribution in [0.4, 0.5) is 0 Å². The number of hydrogen-bond donors (Lipinski definition) is 1. The zero-order chi connectivity index (χ0) is 13.9. The number of benzene rings is 2. The summed E-state index contributed by atoms with van der Waals surface area (Å²) in [6.07, 6.45) is 1.87. The summed E-state index contributed by atoms with van der Waals surface area (Å²) in [7, 11) is -2.85. The van der Waals surface area contributed by atoms with Gasteiger partial charge in [0.2, 0.25) is 0 Å². The van der Waals surface area contributed by atoms with Gasteiger partial charge in [0.15, 0.2) is 0 Å². The van der Waals surface area contributed by atoms with E-state index in [4.69, 9.17) is 0 Å². The molecule has 98 valence electrons. The van der Waals surface area contributed by atoms with Gasteiger partial charge in [-0.05, 0) is 10.4 Å². The van der Waals surface area contributed by atoms with Crippen LogP contribution in [0.2, 0.25) is 5.04 Å². The van der Waals surface area contributed by atoms with Crippen LogP contribution in [0.3, 0.4) is 0 Å². The molecule has 2 aromatic carbocycles. The minimum atomic E-state index is -2.85. The fourth-order valence-electron chi connectivity index (χ4n) is 2.42. The SMILES string of the molecule is C=CC(C)(C)[Si](O)(c1ccccc1)c1ccccc1.